The van der Waals surface area contributed by atoms with Crippen LogP contribution in [0.15, 0.2) is 27.9 Å². The molecule has 2 aliphatic heterocycles. The van der Waals surface area contributed by atoms with Crippen molar-refractivity contribution in [1.29, 1.82) is 0 Å². The predicted octanol–water partition coefficient (Wildman–Crippen LogP) is 3.87. The molecule has 0 atom stereocenters. The predicted molar refractivity (Wildman–Crippen MR) is 99.4 cm³/mol. The van der Waals surface area contributed by atoms with E-state index in [1.54, 1.807) is 5.01 Å². The van der Waals surface area contributed by atoms with E-state index in [0.717, 1.165) is 30.1 Å². The number of thioether (sulfide) groups is 1. The summed E-state index contributed by atoms with van der Waals surface area (Å²) in [4.78, 5) is 15.2. The summed E-state index contributed by atoms with van der Waals surface area (Å²) in [6.45, 7) is 16.6. The molecule has 1 saturated heterocycles. The average Bonchev–Trinajstić information content (AvgIpc) is 2.98. The maximum absolute atomic E-state index is 12.9. The van der Waals surface area contributed by atoms with Crippen LogP contribution in [0, 0.1) is 5.41 Å². The molecule has 0 aromatic heterocycles. The van der Waals surface area contributed by atoms with Crippen molar-refractivity contribution < 1.29 is 4.79 Å². The summed E-state index contributed by atoms with van der Waals surface area (Å²) in [6, 6.07) is 0. The van der Waals surface area contributed by atoms with Gasteiger partial charge in [0, 0.05) is 24.3 Å². The summed E-state index contributed by atoms with van der Waals surface area (Å²) >= 11 is 1.85. The lowest BCUT2D eigenvalue weighted by Crippen LogP contribution is -2.39. The molecular formula is C18H29N3OS. The van der Waals surface area contributed by atoms with E-state index in [9.17, 15) is 4.79 Å². The molecule has 0 saturated carbocycles. The molecule has 0 unspecified atom stereocenters. The van der Waals surface area contributed by atoms with E-state index in [4.69, 9.17) is 0 Å². The molecule has 2 heterocycles. The van der Waals surface area contributed by atoms with Crippen molar-refractivity contribution in [2.45, 2.75) is 54.0 Å². The number of allylic oxidation sites excluding steroid dienone is 2. The number of hydrogen-bond donors (Lipinski definition) is 0. The Labute approximate surface area is 144 Å². The molecule has 2 aliphatic rings. The number of hydrogen-bond acceptors (Lipinski definition) is 4. The largest absolute Gasteiger partial charge is 0.366 e. The lowest BCUT2D eigenvalue weighted by molar-refractivity contribution is -0.130. The van der Waals surface area contributed by atoms with E-state index < -0.39 is 0 Å². The molecule has 0 spiro atoms. The molecular weight excluding hydrogens is 306 g/mol. The molecule has 23 heavy (non-hydrogen) atoms. The molecule has 128 valence electrons. The molecule has 1 amide bonds. The van der Waals surface area contributed by atoms with Gasteiger partial charge in [-0.1, -0.05) is 20.8 Å². The summed E-state index contributed by atoms with van der Waals surface area (Å²) in [5, 5.41) is 7.53. The summed E-state index contributed by atoms with van der Waals surface area (Å²) in [5.41, 5.74) is 1.13. The van der Waals surface area contributed by atoms with Gasteiger partial charge in [0.05, 0.1) is 21.9 Å². The Morgan fingerprint density at radius 3 is 2.35 bits per heavy atom. The third-order valence-corrected chi connectivity index (χ3v) is 5.00. The quantitative estimate of drug-likeness (QED) is 0.719. The van der Waals surface area contributed by atoms with Crippen LogP contribution in [0.4, 0.5) is 0 Å². The van der Waals surface area contributed by atoms with Crippen LogP contribution in [0.3, 0.4) is 0 Å². The van der Waals surface area contributed by atoms with Gasteiger partial charge in [-0.25, -0.2) is 5.01 Å². The van der Waals surface area contributed by atoms with Crippen LogP contribution in [-0.2, 0) is 4.79 Å². The van der Waals surface area contributed by atoms with Gasteiger partial charge in [0.2, 0.25) is 0 Å². The molecule has 0 radical (unpaired) electrons. The molecule has 0 bridgehead atoms. The van der Waals surface area contributed by atoms with Crippen molar-refractivity contribution in [3.05, 3.63) is 22.8 Å². The molecule has 5 heteroatoms. The average molecular weight is 336 g/mol. The normalized spacial score (nSPS) is 23.4. The lowest BCUT2D eigenvalue weighted by Gasteiger charge is -2.27. The first-order valence-corrected chi connectivity index (χ1v) is 9.28. The van der Waals surface area contributed by atoms with Crippen molar-refractivity contribution in [3.8, 4) is 0 Å². The van der Waals surface area contributed by atoms with Gasteiger partial charge in [0.25, 0.3) is 5.91 Å². The third-order valence-electron chi connectivity index (χ3n) is 3.92. The minimum absolute atomic E-state index is 0.00493. The standard InChI is InChI=1S/C18H29N3OS/c1-8-20-11-12-23-14(20)10-9-13-15(17(2,3)4)19-21(16(13)22)18(5,6)7/h9-10H,8,11-12H2,1-7H3/b13-9+,14-10+. The molecule has 1 fully saturated rings. The Bertz CT molecular complexity index is 576. The van der Waals surface area contributed by atoms with E-state index in [2.05, 4.69) is 43.8 Å². The summed E-state index contributed by atoms with van der Waals surface area (Å²) < 4.78 is 0. The molecule has 4 nitrogen and oxygen atoms in total. The second-order valence-corrected chi connectivity index (χ2v) is 9.11. The van der Waals surface area contributed by atoms with Crippen LogP contribution in [-0.4, -0.2) is 45.9 Å². The van der Waals surface area contributed by atoms with Crippen molar-refractivity contribution in [2.75, 3.05) is 18.8 Å². The van der Waals surface area contributed by atoms with Gasteiger partial charge < -0.3 is 4.90 Å². The highest BCUT2D eigenvalue weighted by Gasteiger charge is 2.40. The molecule has 0 aromatic rings. The smallest absolute Gasteiger partial charge is 0.276 e. The van der Waals surface area contributed by atoms with Crippen LogP contribution in [0.2, 0.25) is 0 Å². The summed E-state index contributed by atoms with van der Waals surface area (Å²) in [7, 11) is 0. The van der Waals surface area contributed by atoms with Crippen LogP contribution >= 0.6 is 11.8 Å². The highest BCUT2D eigenvalue weighted by atomic mass is 32.2. The van der Waals surface area contributed by atoms with E-state index in [1.165, 1.54) is 5.03 Å². The number of amides is 1. The van der Waals surface area contributed by atoms with E-state index in [-0.39, 0.29) is 16.9 Å². The highest BCUT2D eigenvalue weighted by Crippen LogP contribution is 2.33. The second kappa shape index (κ2) is 6.34. The van der Waals surface area contributed by atoms with E-state index in [0.29, 0.717) is 0 Å². The third kappa shape index (κ3) is 3.82. The van der Waals surface area contributed by atoms with Gasteiger partial charge in [-0.05, 0) is 39.8 Å². The van der Waals surface area contributed by atoms with Crippen molar-refractivity contribution >= 4 is 23.4 Å². The number of carbonyl (C=O) groups is 1. The fraction of sp³-hybridized carbons (Fsp3) is 0.667. The van der Waals surface area contributed by atoms with Gasteiger partial charge in [-0.2, -0.15) is 5.10 Å². The minimum atomic E-state index is -0.312. The molecule has 0 aromatic carbocycles. The van der Waals surface area contributed by atoms with Gasteiger partial charge in [0.1, 0.15) is 0 Å². The number of hydrazone groups is 1. The van der Waals surface area contributed by atoms with Crippen molar-refractivity contribution in [2.24, 2.45) is 10.5 Å². The second-order valence-electron chi connectivity index (χ2n) is 8.00. The fourth-order valence-corrected chi connectivity index (χ4v) is 3.75. The van der Waals surface area contributed by atoms with Gasteiger partial charge in [-0.3, -0.25) is 4.79 Å². The zero-order chi connectivity index (χ0) is 17.4. The molecule has 2 rings (SSSR count). The minimum Gasteiger partial charge on any atom is -0.366 e. The first kappa shape index (κ1) is 18.1. The molecule has 0 N–H and O–H groups in total. The van der Waals surface area contributed by atoms with Crippen LogP contribution in [0.25, 0.3) is 0 Å². The fourth-order valence-electron chi connectivity index (χ4n) is 2.66. The summed E-state index contributed by atoms with van der Waals surface area (Å²) in [6.07, 6.45) is 4.05. The van der Waals surface area contributed by atoms with E-state index >= 15 is 0 Å². The first-order valence-electron chi connectivity index (χ1n) is 8.29. The number of carbonyl (C=O) groups excluding carboxylic acids is 1. The topological polar surface area (TPSA) is 35.9 Å². The Kier molecular flexibility index (Phi) is 5.00. The van der Waals surface area contributed by atoms with Crippen LogP contribution in [0.1, 0.15) is 48.5 Å². The lowest BCUT2D eigenvalue weighted by atomic mass is 9.85. The van der Waals surface area contributed by atoms with Crippen molar-refractivity contribution in [1.82, 2.24) is 9.91 Å². The Morgan fingerprint density at radius 2 is 1.83 bits per heavy atom. The zero-order valence-corrected chi connectivity index (χ0v) is 16.3. The number of rotatable bonds is 2. The Balaban J connectivity index is 2.40. The van der Waals surface area contributed by atoms with Gasteiger partial charge >= 0.3 is 0 Å². The number of nitrogens with zero attached hydrogens (tertiary/aromatic N) is 3. The molecule has 0 aliphatic carbocycles. The SMILES string of the molecule is CCN1CCS/C1=C/C=C1/C(=O)N(C(C)(C)C)N=C1C(C)(C)C. The van der Waals surface area contributed by atoms with Gasteiger partial charge in [-0.15, -0.1) is 11.8 Å². The highest BCUT2D eigenvalue weighted by molar-refractivity contribution is 8.03. The maximum atomic E-state index is 12.9. The van der Waals surface area contributed by atoms with E-state index in [1.807, 2.05) is 38.6 Å². The Morgan fingerprint density at radius 1 is 1.17 bits per heavy atom. The summed E-state index contributed by atoms with van der Waals surface area (Å²) in [5.74, 6) is 1.12. The monoisotopic (exact) mass is 335 g/mol. The van der Waals surface area contributed by atoms with Crippen molar-refractivity contribution in [3.63, 3.8) is 0 Å². The first-order chi connectivity index (χ1) is 10.6. The van der Waals surface area contributed by atoms with Crippen LogP contribution < -0.4 is 0 Å². The zero-order valence-electron chi connectivity index (χ0n) is 15.4. The maximum Gasteiger partial charge on any atom is 0.276 e. The van der Waals surface area contributed by atoms with Gasteiger partial charge in [0.15, 0.2) is 0 Å². The Hall–Kier alpha value is -1.23. The van der Waals surface area contributed by atoms with Crippen LogP contribution in [0.5, 0.6) is 0 Å².